The van der Waals surface area contributed by atoms with E-state index in [0.717, 1.165) is 17.4 Å². The van der Waals surface area contributed by atoms with Crippen molar-refractivity contribution < 1.29 is 19.0 Å². The maximum absolute atomic E-state index is 12.9. The van der Waals surface area contributed by atoms with E-state index >= 15 is 0 Å². The number of Topliss-reactive ketones (excluding diaryl/α,β-unsaturated/α-hetero) is 1. The Morgan fingerprint density at radius 2 is 1.96 bits per heavy atom. The fourth-order valence-electron chi connectivity index (χ4n) is 2.76. The Morgan fingerprint density at radius 1 is 1.30 bits per heavy atom. The summed E-state index contributed by atoms with van der Waals surface area (Å²) in [6.07, 6.45) is 2.40. The summed E-state index contributed by atoms with van der Waals surface area (Å²) in [7, 11) is 0. The number of ketones is 1. The zero-order chi connectivity index (χ0) is 20.0. The van der Waals surface area contributed by atoms with Crippen LogP contribution in [-0.2, 0) is 6.54 Å². The van der Waals surface area contributed by atoms with Crippen LogP contribution in [0.25, 0.3) is 0 Å². The first-order chi connectivity index (χ1) is 12.9. The van der Waals surface area contributed by atoms with Gasteiger partial charge >= 0.3 is 0 Å². The molecule has 0 aliphatic rings. The summed E-state index contributed by atoms with van der Waals surface area (Å²) in [4.78, 5) is 25.0. The van der Waals surface area contributed by atoms with Gasteiger partial charge in [0.1, 0.15) is 23.2 Å². The fraction of sp³-hybridized carbons (Fsp3) is 0.350. The fourth-order valence-corrected chi connectivity index (χ4v) is 2.76. The number of halogens is 1. The minimum Gasteiger partial charge on any atom is -0.494 e. The molecule has 27 heavy (non-hydrogen) atoms. The number of hydrogen-bond donors (Lipinski definition) is 1. The number of ether oxygens (including phenoxy) is 1. The normalized spacial score (nSPS) is 10.4. The lowest BCUT2D eigenvalue weighted by atomic mass is 10.0. The number of nitriles is 1. The average molecular weight is 372 g/mol. The van der Waals surface area contributed by atoms with Crippen molar-refractivity contribution in [2.45, 2.75) is 39.7 Å². The van der Waals surface area contributed by atoms with Crippen molar-refractivity contribution in [1.82, 2.24) is 4.57 Å². The van der Waals surface area contributed by atoms with Crippen LogP contribution >= 0.6 is 0 Å². The van der Waals surface area contributed by atoms with Gasteiger partial charge in [0.05, 0.1) is 5.56 Å². The molecule has 0 amide bonds. The summed E-state index contributed by atoms with van der Waals surface area (Å²) >= 11 is 0. The lowest BCUT2D eigenvalue weighted by Crippen LogP contribution is -2.27. The number of aromatic nitrogens is 1. The molecule has 0 saturated carbocycles. The minimum absolute atomic E-state index is 0.107. The van der Waals surface area contributed by atoms with E-state index in [1.54, 1.807) is 0 Å². The van der Waals surface area contributed by atoms with Gasteiger partial charge in [0.2, 0.25) is 11.7 Å². The van der Waals surface area contributed by atoms with Crippen LogP contribution in [0.3, 0.4) is 0 Å². The standard InChI is InChI=1S/C20H21FN2O4/c1-3-4-5-10-23-19(25)16(11-22)13(2)18(20(23)26)17(24)12-27-15-8-6-14(21)7-9-15/h6-9,26H,3-5,10,12H2,1-2H3. The first-order valence-electron chi connectivity index (χ1n) is 8.68. The first kappa shape index (κ1) is 20.2. The van der Waals surface area contributed by atoms with Crippen molar-refractivity contribution in [3.05, 3.63) is 57.1 Å². The molecule has 0 unspecified atom stereocenters. The van der Waals surface area contributed by atoms with Crippen LogP contribution in [0, 0.1) is 24.1 Å². The number of carbonyl (C=O) groups excluding carboxylic acids is 1. The summed E-state index contributed by atoms with van der Waals surface area (Å²) in [6.45, 7) is 3.24. The Bertz CT molecular complexity index is 927. The van der Waals surface area contributed by atoms with Crippen LogP contribution in [-0.4, -0.2) is 22.1 Å². The van der Waals surface area contributed by atoms with Gasteiger partial charge in [-0.15, -0.1) is 0 Å². The van der Waals surface area contributed by atoms with Gasteiger partial charge in [-0.1, -0.05) is 19.8 Å². The highest BCUT2D eigenvalue weighted by Gasteiger charge is 2.24. The Labute approximate surface area is 156 Å². The Morgan fingerprint density at radius 3 is 2.56 bits per heavy atom. The molecule has 0 fully saturated rings. The zero-order valence-corrected chi connectivity index (χ0v) is 15.3. The smallest absolute Gasteiger partial charge is 0.271 e. The number of carbonyl (C=O) groups is 1. The van der Waals surface area contributed by atoms with Crippen molar-refractivity contribution >= 4 is 5.78 Å². The number of nitrogens with zero attached hydrogens (tertiary/aromatic N) is 2. The Balaban J connectivity index is 2.34. The molecule has 1 aromatic heterocycles. The van der Waals surface area contributed by atoms with Gasteiger partial charge in [-0.3, -0.25) is 14.2 Å². The Kier molecular flexibility index (Phi) is 6.72. The van der Waals surface area contributed by atoms with Gasteiger partial charge < -0.3 is 9.84 Å². The molecule has 2 aromatic rings. The van der Waals surface area contributed by atoms with E-state index < -0.39 is 29.6 Å². The number of hydrogen-bond acceptors (Lipinski definition) is 5. The largest absolute Gasteiger partial charge is 0.494 e. The van der Waals surface area contributed by atoms with Crippen molar-refractivity contribution in [2.24, 2.45) is 0 Å². The summed E-state index contributed by atoms with van der Waals surface area (Å²) in [5, 5.41) is 19.8. The van der Waals surface area contributed by atoms with Gasteiger partial charge in [-0.25, -0.2) is 4.39 Å². The predicted octanol–water partition coefficient (Wildman–Crippen LogP) is 3.33. The molecule has 0 atom stereocenters. The molecule has 142 valence electrons. The average Bonchev–Trinajstić information content (AvgIpc) is 2.64. The second-order valence-electron chi connectivity index (χ2n) is 6.14. The number of benzene rings is 1. The summed E-state index contributed by atoms with van der Waals surface area (Å²) < 4.78 is 19.3. The third-order valence-corrected chi connectivity index (χ3v) is 4.25. The van der Waals surface area contributed by atoms with Crippen LogP contribution < -0.4 is 10.3 Å². The minimum atomic E-state index is -0.611. The van der Waals surface area contributed by atoms with E-state index in [9.17, 15) is 24.3 Å². The van der Waals surface area contributed by atoms with Crippen molar-refractivity contribution in [1.29, 1.82) is 5.26 Å². The van der Waals surface area contributed by atoms with E-state index in [1.165, 1.54) is 31.2 Å². The molecule has 1 N–H and O–H groups in total. The zero-order valence-electron chi connectivity index (χ0n) is 15.3. The SMILES string of the molecule is CCCCCn1c(O)c(C(=O)COc2ccc(F)cc2)c(C)c(C#N)c1=O. The second kappa shape index (κ2) is 8.99. The highest BCUT2D eigenvalue weighted by Crippen LogP contribution is 2.23. The summed E-state index contributed by atoms with van der Waals surface area (Å²) in [5.41, 5.74) is -0.766. The highest BCUT2D eigenvalue weighted by molar-refractivity contribution is 6.01. The molecule has 0 aliphatic carbocycles. The van der Waals surface area contributed by atoms with Gasteiger partial charge in [-0.2, -0.15) is 5.26 Å². The van der Waals surface area contributed by atoms with E-state index in [4.69, 9.17) is 4.74 Å². The molecule has 1 heterocycles. The number of aromatic hydroxyl groups is 1. The van der Waals surface area contributed by atoms with E-state index in [2.05, 4.69) is 0 Å². The number of unbranched alkanes of at least 4 members (excludes halogenated alkanes) is 2. The molecule has 7 heteroatoms. The lowest BCUT2D eigenvalue weighted by Gasteiger charge is -2.15. The predicted molar refractivity (Wildman–Crippen MR) is 97.6 cm³/mol. The molecular formula is C20H21FN2O4. The van der Waals surface area contributed by atoms with Crippen molar-refractivity contribution in [3.63, 3.8) is 0 Å². The molecule has 1 aromatic carbocycles. The lowest BCUT2D eigenvalue weighted by molar-refractivity contribution is 0.0916. The van der Waals surface area contributed by atoms with Crippen LogP contribution in [0.2, 0.25) is 0 Å². The number of pyridine rings is 1. The molecule has 2 rings (SSSR count). The molecule has 0 bridgehead atoms. The van der Waals surface area contributed by atoms with Crippen molar-refractivity contribution in [2.75, 3.05) is 6.61 Å². The third kappa shape index (κ3) is 4.53. The van der Waals surface area contributed by atoms with Gasteiger partial charge in [-0.05, 0) is 43.2 Å². The molecule has 0 spiro atoms. The summed E-state index contributed by atoms with van der Waals surface area (Å²) in [6, 6.07) is 6.97. The third-order valence-electron chi connectivity index (χ3n) is 4.25. The molecule has 0 saturated heterocycles. The van der Waals surface area contributed by atoms with Gasteiger partial charge in [0, 0.05) is 6.54 Å². The van der Waals surface area contributed by atoms with Crippen LogP contribution in [0.15, 0.2) is 29.1 Å². The van der Waals surface area contributed by atoms with E-state index in [0.29, 0.717) is 12.2 Å². The number of rotatable bonds is 8. The topological polar surface area (TPSA) is 92.3 Å². The Hall–Kier alpha value is -3.14. The molecule has 6 nitrogen and oxygen atoms in total. The van der Waals surface area contributed by atoms with E-state index in [-0.39, 0.29) is 23.2 Å². The first-order valence-corrected chi connectivity index (χ1v) is 8.68. The van der Waals surface area contributed by atoms with Crippen LogP contribution in [0.4, 0.5) is 4.39 Å². The molecule has 0 radical (unpaired) electrons. The maximum atomic E-state index is 12.9. The van der Waals surface area contributed by atoms with Gasteiger partial charge in [0.15, 0.2) is 6.61 Å². The maximum Gasteiger partial charge on any atom is 0.271 e. The van der Waals surface area contributed by atoms with E-state index in [1.807, 2.05) is 13.0 Å². The highest BCUT2D eigenvalue weighted by atomic mass is 19.1. The quantitative estimate of drug-likeness (QED) is 0.567. The monoisotopic (exact) mass is 372 g/mol. The van der Waals surface area contributed by atoms with Gasteiger partial charge in [0.25, 0.3) is 5.56 Å². The summed E-state index contributed by atoms with van der Waals surface area (Å²) in [5.74, 6) is -1.17. The molecular weight excluding hydrogens is 351 g/mol. The van der Waals surface area contributed by atoms with Crippen LogP contribution in [0.1, 0.15) is 47.7 Å². The van der Waals surface area contributed by atoms with Crippen molar-refractivity contribution in [3.8, 4) is 17.7 Å². The van der Waals surface area contributed by atoms with Crippen LogP contribution in [0.5, 0.6) is 11.6 Å². The molecule has 0 aliphatic heterocycles. The second-order valence-corrected chi connectivity index (χ2v) is 6.14.